The van der Waals surface area contributed by atoms with Crippen molar-refractivity contribution in [2.75, 3.05) is 31.3 Å². The average molecular weight is 294 g/mol. The SMILES string of the molecule is CCC1CN(C(=O)Nc2ccccc2CSC)CCO1. The van der Waals surface area contributed by atoms with Crippen molar-refractivity contribution >= 4 is 23.5 Å². The summed E-state index contributed by atoms with van der Waals surface area (Å²) in [6.07, 6.45) is 3.16. The average Bonchev–Trinajstić information content (AvgIpc) is 2.49. The van der Waals surface area contributed by atoms with Crippen LogP contribution in [0.2, 0.25) is 0 Å². The van der Waals surface area contributed by atoms with Crippen LogP contribution < -0.4 is 5.32 Å². The second-order valence-electron chi connectivity index (χ2n) is 4.87. The van der Waals surface area contributed by atoms with Crippen molar-refractivity contribution in [1.82, 2.24) is 4.90 Å². The van der Waals surface area contributed by atoms with E-state index in [1.807, 2.05) is 23.1 Å². The zero-order valence-corrected chi connectivity index (χ0v) is 12.9. The molecule has 0 aromatic heterocycles. The molecule has 1 saturated heterocycles. The van der Waals surface area contributed by atoms with Crippen LogP contribution in [-0.2, 0) is 10.5 Å². The molecule has 0 spiro atoms. The highest BCUT2D eigenvalue weighted by atomic mass is 32.2. The van der Waals surface area contributed by atoms with Crippen LogP contribution in [0.25, 0.3) is 0 Å². The van der Waals surface area contributed by atoms with Gasteiger partial charge in [-0.25, -0.2) is 4.79 Å². The number of benzene rings is 1. The molecule has 5 heteroatoms. The topological polar surface area (TPSA) is 41.6 Å². The lowest BCUT2D eigenvalue weighted by atomic mass is 10.2. The number of ether oxygens (including phenoxy) is 1. The van der Waals surface area contributed by atoms with Gasteiger partial charge in [-0.1, -0.05) is 25.1 Å². The van der Waals surface area contributed by atoms with E-state index in [-0.39, 0.29) is 12.1 Å². The van der Waals surface area contributed by atoms with E-state index < -0.39 is 0 Å². The van der Waals surface area contributed by atoms with Gasteiger partial charge in [0.25, 0.3) is 0 Å². The Morgan fingerprint density at radius 3 is 3.05 bits per heavy atom. The first-order valence-electron chi connectivity index (χ1n) is 6.99. The molecule has 1 aromatic rings. The number of carbonyl (C=O) groups is 1. The number of thioether (sulfide) groups is 1. The molecule has 1 heterocycles. The molecule has 1 fully saturated rings. The summed E-state index contributed by atoms with van der Waals surface area (Å²) < 4.78 is 5.60. The summed E-state index contributed by atoms with van der Waals surface area (Å²) >= 11 is 1.75. The number of para-hydroxylation sites is 1. The summed E-state index contributed by atoms with van der Waals surface area (Å²) in [6.45, 7) is 4.04. The van der Waals surface area contributed by atoms with Crippen molar-refractivity contribution in [3.63, 3.8) is 0 Å². The Balaban J connectivity index is 2.00. The zero-order valence-electron chi connectivity index (χ0n) is 12.1. The van der Waals surface area contributed by atoms with Gasteiger partial charge in [0.05, 0.1) is 12.7 Å². The summed E-state index contributed by atoms with van der Waals surface area (Å²) in [5.74, 6) is 0.900. The number of carbonyl (C=O) groups excluding carboxylic acids is 1. The molecule has 1 N–H and O–H groups in total. The Bertz CT molecular complexity index is 453. The third-order valence-corrected chi connectivity index (χ3v) is 4.04. The molecule has 1 aliphatic rings. The number of hydrogen-bond acceptors (Lipinski definition) is 3. The number of anilines is 1. The fraction of sp³-hybridized carbons (Fsp3) is 0.533. The second kappa shape index (κ2) is 7.55. The maximum absolute atomic E-state index is 12.3. The van der Waals surface area contributed by atoms with Gasteiger partial charge in [0.15, 0.2) is 0 Å². The number of hydrogen-bond donors (Lipinski definition) is 1. The van der Waals surface area contributed by atoms with E-state index in [1.165, 1.54) is 0 Å². The highest BCUT2D eigenvalue weighted by molar-refractivity contribution is 7.97. The summed E-state index contributed by atoms with van der Waals surface area (Å²) in [6, 6.07) is 7.94. The van der Waals surface area contributed by atoms with Gasteiger partial charge in [0.1, 0.15) is 0 Å². The molecule has 0 saturated carbocycles. The maximum Gasteiger partial charge on any atom is 0.322 e. The van der Waals surface area contributed by atoms with E-state index in [0.29, 0.717) is 19.7 Å². The van der Waals surface area contributed by atoms with Crippen LogP contribution in [0.4, 0.5) is 10.5 Å². The first-order valence-corrected chi connectivity index (χ1v) is 8.38. The molecule has 0 aliphatic carbocycles. The van der Waals surface area contributed by atoms with E-state index in [1.54, 1.807) is 11.8 Å². The number of urea groups is 1. The molecule has 0 radical (unpaired) electrons. The van der Waals surface area contributed by atoms with Crippen molar-refractivity contribution in [2.45, 2.75) is 25.2 Å². The fourth-order valence-electron chi connectivity index (χ4n) is 2.27. The Morgan fingerprint density at radius 2 is 2.30 bits per heavy atom. The van der Waals surface area contributed by atoms with Crippen LogP contribution in [0.5, 0.6) is 0 Å². The Labute approximate surface area is 124 Å². The number of morpholine rings is 1. The third-order valence-electron chi connectivity index (χ3n) is 3.44. The molecular weight excluding hydrogens is 272 g/mol. The molecule has 110 valence electrons. The summed E-state index contributed by atoms with van der Waals surface area (Å²) in [5.41, 5.74) is 2.07. The lowest BCUT2D eigenvalue weighted by Crippen LogP contribution is -2.47. The smallest absolute Gasteiger partial charge is 0.322 e. The van der Waals surface area contributed by atoms with Crippen molar-refractivity contribution in [3.8, 4) is 0 Å². The highest BCUT2D eigenvalue weighted by Gasteiger charge is 2.23. The monoisotopic (exact) mass is 294 g/mol. The molecule has 1 atom stereocenters. The Hall–Kier alpha value is -1.20. The van der Waals surface area contributed by atoms with Crippen LogP contribution in [0.1, 0.15) is 18.9 Å². The molecule has 1 unspecified atom stereocenters. The predicted molar refractivity (Wildman–Crippen MR) is 84.3 cm³/mol. The molecule has 2 amide bonds. The number of rotatable bonds is 4. The Kier molecular flexibility index (Phi) is 5.73. The van der Waals surface area contributed by atoms with E-state index in [2.05, 4.69) is 24.6 Å². The van der Waals surface area contributed by atoms with Crippen LogP contribution in [0.3, 0.4) is 0 Å². The first kappa shape index (κ1) is 15.2. The molecule has 4 nitrogen and oxygen atoms in total. The minimum Gasteiger partial charge on any atom is -0.375 e. The second-order valence-corrected chi connectivity index (χ2v) is 5.73. The summed E-state index contributed by atoms with van der Waals surface area (Å²) in [4.78, 5) is 14.2. The fourth-order valence-corrected chi connectivity index (χ4v) is 2.83. The molecule has 1 aromatic carbocycles. The van der Waals surface area contributed by atoms with Crippen molar-refractivity contribution in [2.24, 2.45) is 0 Å². The zero-order chi connectivity index (χ0) is 14.4. The quantitative estimate of drug-likeness (QED) is 0.927. The molecule has 20 heavy (non-hydrogen) atoms. The molecule has 2 rings (SSSR count). The van der Waals surface area contributed by atoms with Gasteiger partial charge >= 0.3 is 6.03 Å². The predicted octanol–water partition coefficient (Wildman–Crippen LogP) is 3.19. The van der Waals surface area contributed by atoms with Crippen molar-refractivity contribution < 1.29 is 9.53 Å². The molecular formula is C15H22N2O2S. The lowest BCUT2D eigenvalue weighted by Gasteiger charge is -2.32. The van der Waals surface area contributed by atoms with Gasteiger partial charge in [-0.15, -0.1) is 0 Å². The van der Waals surface area contributed by atoms with Crippen molar-refractivity contribution in [1.29, 1.82) is 0 Å². The van der Waals surface area contributed by atoms with Crippen LogP contribution in [-0.4, -0.2) is 43.0 Å². The largest absolute Gasteiger partial charge is 0.375 e. The van der Waals surface area contributed by atoms with Gasteiger partial charge in [-0.3, -0.25) is 0 Å². The van der Waals surface area contributed by atoms with Gasteiger partial charge in [-0.2, -0.15) is 11.8 Å². The number of nitrogens with one attached hydrogen (secondary N) is 1. The maximum atomic E-state index is 12.3. The third kappa shape index (κ3) is 3.90. The van der Waals surface area contributed by atoms with Gasteiger partial charge < -0.3 is 15.0 Å². The molecule has 1 aliphatic heterocycles. The lowest BCUT2D eigenvalue weighted by molar-refractivity contribution is -0.0134. The first-order chi connectivity index (χ1) is 9.74. The van der Waals surface area contributed by atoms with E-state index in [0.717, 1.165) is 23.4 Å². The van der Waals surface area contributed by atoms with Gasteiger partial charge in [0.2, 0.25) is 0 Å². The highest BCUT2D eigenvalue weighted by Crippen LogP contribution is 2.20. The van der Waals surface area contributed by atoms with Crippen LogP contribution in [0.15, 0.2) is 24.3 Å². The summed E-state index contributed by atoms with van der Waals surface area (Å²) in [7, 11) is 0. The van der Waals surface area contributed by atoms with Crippen LogP contribution in [0, 0.1) is 0 Å². The van der Waals surface area contributed by atoms with E-state index >= 15 is 0 Å². The summed E-state index contributed by atoms with van der Waals surface area (Å²) in [5, 5.41) is 3.03. The van der Waals surface area contributed by atoms with Gasteiger partial charge in [0, 0.05) is 24.5 Å². The Morgan fingerprint density at radius 1 is 1.50 bits per heavy atom. The van der Waals surface area contributed by atoms with E-state index in [9.17, 15) is 4.79 Å². The normalized spacial score (nSPS) is 18.9. The molecule has 0 bridgehead atoms. The standard InChI is InChI=1S/C15H22N2O2S/c1-3-13-10-17(8-9-19-13)15(18)16-14-7-5-4-6-12(14)11-20-2/h4-7,13H,3,8-11H2,1-2H3,(H,16,18). The number of amides is 2. The van der Waals surface area contributed by atoms with E-state index in [4.69, 9.17) is 4.74 Å². The number of nitrogens with zero attached hydrogens (tertiary/aromatic N) is 1. The minimum atomic E-state index is -0.0275. The van der Waals surface area contributed by atoms with Gasteiger partial charge in [-0.05, 0) is 24.3 Å². The van der Waals surface area contributed by atoms with Crippen LogP contribution >= 0.6 is 11.8 Å². The minimum absolute atomic E-state index is 0.0275. The van der Waals surface area contributed by atoms with Crippen molar-refractivity contribution in [3.05, 3.63) is 29.8 Å².